The van der Waals surface area contributed by atoms with Crippen LogP contribution in [-0.2, 0) is 9.59 Å². The van der Waals surface area contributed by atoms with Gasteiger partial charge in [0.1, 0.15) is 5.54 Å². The van der Waals surface area contributed by atoms with Gasteiger partial charge < -0.3 is 10.2 Å². The third-order valence-electron chi connectivity index (χ3n) is 7.78. The molecule has 4 fully saturated rings. The van der Waals surface area contributed by atoms with Crippen molar-refractivity contribution >= 4 is 17.8 Å². The lowest BCUT2D eigenvalue weighted by molar-refractivity contribution is -0.134. The predicted molar refractivity (Wildman–Crippen MR) is 113 cm³/mol. The smallest absolute Gasteiger partial charge is 0.254 e. The number of hydrogen-bond donors (Lipinski definition) is 2. The molecule has 0 spiro atoms. The van der Waals surface area contributed by atoms with Gasteiger partial charge in [-0.25, -0.2) is 0 Å². The van der Waals surface area contributed by atoms with E-state index in [-0.39, 0.29) is 11.9 Å². The minimum absolute atomic E-state index is 0.0553. The number of likely N-dealkylation sites (tertiary alicyclic amines) is 1. The largest absolute Gasteiger partial charge is 0.342 e. The molecule has 0 radical (unpaired) electrons. The molecule has 0 bridgehead atoms. The number of hydrogen-bond acceptors (Lipinski definition) is 3. The molecule has 0 unspecified atom stereocenters. The molecule has 29 heavy (non-hydrogen) atoms. The second-order valence-electron chi connectivity index (χ2n) is 10.2. The summed E-state index contributed by atoms with van der Waals surface area (Å²) in [6.07, 6.45) is 14.4. The number of rotatable bonds is 7. The molecule has 2 aliphatic heterocycles. The van der Waals surface area contributed by atoms with Crippen LogP contribution in [-0.4, -0.2) is 53.2 Å². The number of nitrogens with zero attached hydrogens (tertiary/aromatic N) is 2. The van der Waals surface area contributed by atoms with Crippen LogP contribution in [0.4, 0.5) is 0 Å². The monoisotopic (exact) mass is 402 g/mol. The van der Waals surface area contributed by atoms with Crippen molar-refractivity contribution in [3.05, 3.63) is 0 Å². The number of nitrogens with one attached hydrogen (secondary N) is 2. The Balaban J connectivity index is 1.41. The Kier molecular flexibility index (Phi) is 6.16. The second-order valence-corrected chi connectivity index (χ2v) is 10.2. The van der Waals surface area contributed by atoms with Gasteiger partial charge in [-0.15, -0.1) is 0 Å². The van der Waals surface area contributed by atoms with Crippen molar-refractivity contribution < 1.29 is 9.59 Å². The second kappa shape index (κ2) is 8.65. The van der Waals surface area contributed by atoms with E-state index in [2.05, 4.69) is 10.2 Å². The molecule has 6 heteroatoms. The summed E-state index contributed by atoms with van der Waals surface area (Å²) >= 11 is 0. The summed E-state index contributed by atoms with van der Waals surface area (Å²) in [5.74, 6) is 2.28. The molecule has 2 saturated heterocycles. The van der Waals surface area contributed by atoms with Crippen LogP contribution < -0.4 is 5.32 Å². The van der Waals surface area contributed by atoms with Crippen LogP contribution in [0.1, 0.15) is 83.5 Å². The maximum absolute atomic E-state index is 13.2. The zero-order chi connectivity index (χ0) is 20.4. The quantitative estimate of drug-likeness (QED) is 0.684. The molecule has 162 valence electrons. The van der Waals surface area contributed by atoms with Crippen LogP contribution in [0.5, 0.6) is 0 Å². The Labute approximate surface area is 175 Å². The Morgan fingerprint density at radius 1 is 1.07 bits per heavy atom. The Hall–Kier alpha value is -1.59. The standard InChI is InChI=1S/C23H38N4O2/c1-26-21(29)23(25-22(26)24,12-11-17-6-3-2-4-7-17)15-19-8-5-13-27(16-19)20(28)14-18-9-10-18/h17-19H,2-16H2,1H3,(H2,24,25)/t19-,23-/m0/s1. The van der Waals surface area contributed by atoms with E-state index >= 15 is 0 Å². The summed E-state index contributed by atoms with van der Waals surface area (Å²) in [5, 5.41) is 11.5. The fraction of sp³-hybridized carbons (Fsp3) is 0.870. The number of guanidine groups is 1. The highest BCUT2D eigenvalue weighted by Gasteiger charge is 2.49. The van der Waals surface area contributed by atoms with E-state index in [4.69, 9.17) is 5.41 Å². The first-order valence-electron chi connectivity index (χ1n) is 11.9. The highest BCUT2D eigenvalue weighted by atomic mass is 16.2. The predicted octanol–water partition coefficient (Wildman–Crippen LogP) is 3.51. The highest BCUT2D eigenvalue weighted by Crippen LogP contribution is 2.37. The SMILES string of the molecule is CN1C(=N)N[C@@](CCC2CCCCC2)(C[C@@H]2CCCN(C(=O)CC3CC3)C2)C1=O. The molecule has 2 N–H and O–H groups in total. The first kappa shape index (κ1) is 20.7. The number of carbonyl (C=O) groups excluding carboxylic acids is 2. The van der Waals surface area contributed by atoms with Gasteiger partial charge in [0.15, 0.2) is 5.96 Å². The maximum atomic E-state index is 13.2. The van der Waals surface area contributed by atoms with Crippen molar-refractivity contribution in [2.75, 3.05) is 20.1 Å². The molecule has 6 nitrogen and oxygen atoms in total. The molecule has 0 aromatic rings. The van der Waals surface area contributed by atoms with Gasteiger partial charge in [-0.05, 0) is 62.7 Å². The first-order valence-corrected chi connectivity index (χ1v) is 11.9. The summed E-state index contributed by atoms with van der Waals surface area (Å²) in [4.78, 5) is 29.3. The summed E-state index contributed by atoms with van der Waals surface area (Å²) in [6.45, 7) is 1.65. The number of carbonyl (C=O) groups is 2. The van der Waals surface area contributed by atoms with Gasteiger partial charge in [0.05, 0.1) is 0 Å². The lowest BCUT2D eigenvalue weighted by Crippen LogP contribution is -2.51. The number of piperidine rings is 1. The molecule has 0 aromatic carbocycles. The van der Waals surface area contributed by atoms with Gasteiger partial charge in [0, 0.05) is 26.6 Å². The van der Waals surface area contributed by atoms with E-state index < -0.39 is 5.54 Å². The fourth-order valence-corrected chi connectivity index (χ4v) is 5.77. The normalized spacial score (nSPS) is 31.3. The van der Waals surface area contributed by atoms with Crippen molar-refractivity contribution in [3.8, 4) is 0 Å². The first-order chi connectivity index (χ1) is 14.0. The van der Waals surface area contributed by atoms with E-state index in [1.807, 2.05) is 0 Å². The van der Waals surface area contributed by atoms with Crippen LogP contribution in [0, 0.1) is 23.2 Å². The summed E-state index contributed by atoms with van der Waals surface area (Å²) < 4.78 is 0. The summed E-state index contributed by atoms with van der Waals surface area (Å²) in [7, 11) is 1.71. The van der Waals surface area contributed by atoms with E-state index in [1.165, 1.54) is 49.8 Å². The van der Waals surface area contributed by atoms with Crippen LogP contribution in [0.2, 0.25) is 0 Å². The molecule has 4 aliphatic rings. The van der Waals surface area contributed by atoms with E-state index in [0.29, 0.717) is 24.2 Å². The summed E-state index contributed by atoms with van der Waals surface area (Å²) in [5.41, 5.74) is -0.642. The Bertz CT molecular complexity index is 641. The average Bonchev–Trinajstić information content (AvgIpc) is 3.52. The van der Waals surface area contributed by atoms with Crippen LogP contribution >= 0.6 is 0 Å². The zero-order valence-electron chi connectivity index (χ0n) is 18.0. The molecule has 2 heterocycles. The summed E-state index contributed by atoms with van der Waals surface area (Å²) in [6, 6.07) is 0. The van der Waals surface area contributed by atoms with Gasteiger partial charge in [0.2, 0.25) is 5.91 Å². The number of likely N-dealkylation sites (N-methyl/N-ethyl adjacent to an activating group) is 1. The van der Waals surface area contributed by atoms with Crippen molar-refractivity contribution in [1.29, 1.82) is 5.41 Å². The van der Waals surface area contributed by atoms with Gasteiger partial charge in [0.25, 0.3) is 5.91 Å². The van der Waals surface area contributed by atoms with E-state index in [1.54, 1.807) is 7.05 Å². The van der Waals surface area contributed by atoms with Gasteiger partial charge in [-0.1, -0.05) is 32.1 Å². The minimum atomic E-state index is -0.642. The van der Waals surface area contributed by atoms with Gasteiger partial charge in [-0.2, -0.15) is 0 Å². The fourth-order valence-electron chi connectivity index (χ4n) is 5.77. The Morgan fingerprint density at radius 2 is 1.79 bits per heavy atom. The van der Waals surface area contributed by atoms with E-state index in [0.717, 1.165) is 51.1 Å². The van der Waals surface area contributed by atoms with Crippen LogP contribution in [0.15, 0.2) is 0 Å². The van der Waals surface area contributed by atoms with Crippen LogP contribution in [0.25, 0.3) is 0 Å². The lowest BCUT2D eigenvalue weighted by Gasteiger charge is -2.38. The Morgan fingerprint density at radius 3 is 2.45 bits per heavy atom. The third kappa shape index (κ3) is 4.77. The number of amides is 2. The molecule has 2 aliphatic carbocycles. The van der Waals surface area contributed by atoms with Crippen LogP contribution in [0.3, 0.4) is 0 Å². The van der Waals surface area contributed by atoms with Crippen molar-refractivity contribution in [2.24, 2.45) is 17.8 Å². The lowest BCUT2D eigenvalue weighted by atomic mass is 9.77. The van der Waals surface area contributed by atoms with E-state index in [9.17, 15) is 9.59 Å². The van der Waals surface area contributed by atoms with Crippen molar-refractivity contribution in [1.82, 2.24) is 15.1 Å². The van der Waals surface area contributed by atoms with Gasteiger partial charge >= 0.3 is 0 Å². The molecule has 4 rings (SSSR count). The molecular weight excluding hydrogens is 364 g/mol. The molecule has 2 amide bonds. The highest BCUT2D eigenvalue weighted by molar-refractivity contribution is 6.07. The maximum Gasteiger partial charge on any atom is 0.254 e. The minimum Gasteiger partial charge on any atom is -0.342 e. The zero-order valence-corrected chi connectivity index (χ0v) is 18.0. The van der Waals surface area contributed by atoms with Crippen molar-refractivity contribution in [3.63, 3.8) is 0 Å². The topological polar surface area (TPSA) is 76.5 Å². The average molecular weight is 403 g/mol. The van der Waals surface area contributed by atoms with Crippen molar-refractivity contribution in [2.45, 2.75) is 89.0 Å². The van der Waals surface area contributed by atoms with Gasteiger partial charge in [-0.3, -0.25) is 19.9 Å². The third-order valence-corrected chi connectivity index (χ3v) is 7.78. The molecule has 2 saturated carbocycles. The molecule has 2 atom stereocenters. The molecule has 0 aromatic heterocycles. The molecular formula is C23H38N4O2.